The molecule has 0 aliphatic rings. The number of rotatable bonds is 6. The molecule has 0 bridgehead atoms. The minimum absolute atomic E-state index is 0.0183. The van der Waals surface area contributed by atoms with E-state index in [1.54, 1.807) is 30.3 Å². The van der Waals surface area contributed by atoms with Gasteiger partial charge in [0.25, 0.3) is 0 Å². The van der Waals surface area contributed by atoms with Crippen LogP contribution in [0, 0.1) is 0 Å². The van der Waals surface area contributed by atoms with E-state index in [0.29, 0.717) is 5.06 Å². The lowest BCUT2D eigenvalue weighted by atomic mass is 10.1. The number of carbonyl (C=O) groups is 3. The first kappa shape index (κ1) is 13.9. The van der Waals surface area contributed by atoms with Crippen molar-refractivity contribution in [1.82, 2.24) is 5.06 Å². The highest BCUT2D eigenvalue weighted by Crippen LogP contribution is 2.09. The van der Waals surface area contributed by atoms with Gasteiger partial charge in [-0.05, 0) is 5.56 Å². The number of carbonyl (C=O) groups excluding carboxylic acids is 2. The van der Waals surface area contributed by atoms with E-state index >= 15 is 0 Å². The van der Waals surface area contributed by atoms with Gasteiger partial charge >= 0.3 is 11.9 Å². The molecule has 1 N–H and O–H groups in total. The van der Waals surface area contributed by atoms with E-state index in [1.165, 1.54) is 0 Å². The molecule has 0 aliphatic heterocycles. The Labute approximate surface area is 104 Å². The van der Waals surface area contributed by atoms with Crippen molar-refractivity contribution in [3.63, 3.8) is 0 Å². The summed E-state index contributed by atoms with van der Waals surface area (Å²) >= 11 is 0. The summed E-state index contributed by atoms with van der Waals surface area (Å²) in [6, 6.07) is 7.53. The van der Waals surface area contributed by atoms with Crippen LogP contribution in [-0.2, 0) is 25.6 Å². The molecule has 6 nitrogen and oxygen atoms in total. The molecule has 0 spiro atoms. The normalized spacial score (nSPS) is 11.6. The van der Waals surface area contributed by atoms with Crippen molar-refractivity contribution in [3.05, 3.63) is 35.9 Å². The molecule has 1 atom stereocenters. The van der Waals surface area contributed by atoms with Crippen LogP contribution in [0.25, 0.3) is 0 Å². The number of aldehydes is 1. The second kappa shape index (κ2) is 6.51. The zero-order chi connectivity index (χ0) is 13.5. The lowest BCUT2D eigenvalue weighted by Crippen LogP contribution is -2.46. The Hall–Kier alpha value is -2.21. The van der Waals surface area contributed by atoms with Crippen LogP contribution >= 0.6 is 0 Å². The van der Waals surface area contributed by atoms with Gasteiger partial charge in [0.15, 0.2) is 6.04 Å². The van der Waals surface area contributed by atoms with E-state index in [0.717, 1.165) is 12.7 Å². The fourth-order valence-corrected chi connectivity index (χ4v) is 1.53. The van der Waals surface area contributed by atoms with Gasteiger partial charge in [0.1, 0.15) is 0 Å². The fraction of sp³-hybridized carbons (Fsp3) is 0.250. The van der Waals surface area contributed by atoms with Crippen molar-refractivity contribution >= 4 is 18.2 Å². The first-order chi connectivity index (χ1) is 8.60. The first-order valence-corrected chi connectivity index (χ1v) is 5.19. The highest BCUT2D eigenvalue weighted by Gasteiger charge is 2.30. The van der Waals surface area contributed by atoms with E-state index in [9.17, 15) is 14.4 Å². The molecule has 1 aromatic rings. The summed E-state index contributed by atoms with van der Waals surface area (Å²) in [5.41, 5.74) is 0.727. The van der Waals surface area contributed by atoms with Crippen molar-refractivity contribution in [3.8, 4) is 0 Å². The van der Waals surface area contributed by atoms with E-state index < -0.39 is 17.9 Å². The highest BCUT2D eigenvalue weighted by molar-refractivity contribution is 6.23. The summed E-state index contributed by atoms with van der Waals surface area (Å²) in [6.07, 6.45) is 0.0774. The van der Waals surface area contributed by atoms with Crippen LogP contribution < -0.4 is 0 Å². The van der Waals surface area contributed by atoms with Crippen molar-refractivity contribution < 1.29 is 24.3 Å². The number of carboxylic acids is 1. The first-order valence-electron chi connectivity index (χ1n) is 5.19. The molecule has 0 unspecified atom stereocenters. The summed E-state index contributed by atoms with van der Waals surface area (Å²) in [4.78, 5) is 37.5. The van der Waals surface area contributed by atoms with Crippen LogP contribution in [-0.4, -0.2) is 41.5 Å². The molecule has 1 amide bonds. The monoisotopic (exact) mass is 251 g/mol. The average molecular weight is 251 g/mol. The van der Waals surface area contributed by atoms with E-state index in [2.05, 4.69) is 4.84 Å². The van der Waals surface area contributed by atoms with Crippen LogP contribution in [0.1, 0.15) is 5.56 Å². The van der Waals surface area contributed by atoms with Crippen LogP contribution in [0.15, 0.2) is 30.3 Å². The van der Waals surface area contributed by atoms with Crippen LogP contribution in [0.5, 0.6) is 0 Å². The Kier molecular flexibility index (Phi) is 5.01. The van der Waals surface area contributed by atoms with Crippen molar-refractivity contribution in [2.24, 2.45) is 0 Å². The molecular formula is C12H13NO5. The van der Waals surface area contributed by atoms with E-state index in [-0.39, 0.29) is 12.7 Å². The molecule has 0 fully saturated rings. The summed E-state index contributed by atoms with van der Waals surface area (Å²) in [5.74, 6) is -2.27. The quantitative estimate of drug-likeness (QED) is 0.445. The third-order valence-corrected chi connectivity index (χ3v) is 2.35. The number of hydrogen-bond donors (Lipinski definition) is 1. The van der Waals surface area contributed by atoms with Gasteiger partial charge in [0, 0.05) is 6.42 Å². The van der Waals surface area contributed by atoms with Crippen molar-refractivity contribution in [2.75, 3.05) is 7.11 Å². The zero-order valence-corrected chi connectivity index (χ0v) is 9.78. The molecule has 0 aliphatic carbocycles. The number of carboxylic acid groups (broad SMARTS) is 1. The van der Waals surface area contributed by atoms with Gasteiger partial charge in [-0.15, -0.1) is 0 Å². The smallest absolute Gasteiger partial charge is 0.329 e. The molecule has 1 rings (SSSR count). The molecule has 0 saturated heterocycles. The maximum atomic E-state index is 11.2. The lowest BCUT2D eigenvalue weighted by molar-refractivity contribution is -0.195. The highest BCUT2D eigenvalue weighted by atomic mass is 16.7. The molecule has 0 saturated carbocycles. The average Bonchev–Trinajstić information content (AvgIpc) is 2.39. The molecule has 0 aromatic heterocycles. The van der Waals surface area contributed by atoms with Gasteiger partial charge < -0.3 is 5.11 Å². The minimum Gasteiger partial charge on any atom is -0.480 e. The third-order valence-electron chi connectivity index (χ3n) is 2.35. The Bertz CT molecular complexity index is 431. The van der Waals surface area contributed by atoms with E-state index in [1.807, 2.05) is 0 Å². The predicted octanol–water partition coefficient (Wildman–Crippen LogP) is 0.271. The van der Waals surface area contributed by atoms with E-state index in [4.69, 9.17) is 5.11 Å². The largest absolute Gasteiger partial charge is 0.480 e. The Morgan fingerprint density at radius 3 is 2.44 bits per heavy atom. The topological polar surface area (TPSA) is 83.9 Å². The lowest BCUT2D eigenvalue weighted by Gasteiger charge is -2.24. The van der Waals surface area contributed by atoms with Gasteiger partial charge in [0.2, 0.25) is 6.29 Å². The van der Waals surface area contributed by atoms with Gasteiger partial charge in [0.05, 0.1) is 7.11 Å². The Balaban J connectivity index is 2.92. The number of hydroxylamine groups is 2. The van der Waals surface area contributed by atoms with Crippen LogP contribution in [0.4, 0.5) is 0 Å². The second-order valence-corrected chi connectivity index (χ2v) is 3.51. The van der Waals surface area contributed by atoms with Gasteiger partial charge in [-0.25, -0.2) is 9.86 Å². The number of amides is 1. The Morgan fingerprint density at radius 2 is 2.00 bits per heavy atom. The van der Waals surface area contributed by atoms with Crippen molar-refractivity contribution in [2.45, 2.75) is 12.5 Å². The molecule has 0 radical (unpaired) electrons. The summed E-state index contributed by atoms with van der Waals surface area (Å²) in [6.45, 7) is 0. The minimum atomic E-state index is -1.24. The zero-order valence-electron chi connectivity index (χ0n) is 9.78. The molecule has 18 heavy (non-hydrogen) atoms. The molecule has 1 aromatic carbocycles. The standard InChI is InChI=1S/C12H13NO5/c1-18-13(11(15)8-14)10(12(16)17)7-9-5-3-2-4-6-9/h2-6,8,10H,7H2,1H3,(H,16,17)/t10-/m0/s1. The number of nitrogens with zero attached hydrogens (tertiary/aromatic N) is 1. The van der Waals surface area contributed by atoms with Crippen LogP contribution in [0.3, 0.4) is 0 Å². The molecule has 0 heterocycles. The molecular weight excluding hydrogens is 238 g/mol. The van der Waals surface area contributed by atoms with Crippen molar-refractivity contribution in [1.29, 1.82) is 0 Å². The van der Waals surface area contributed by atoms with Gasteiger partial charge in [-0.2, -0.15) is 0 Å². The predicted molar refractivity (Wildman–Crippen MR) is 61.5 cm³/mol. The second-order valence-electron chi connectivity index (χ2n) is 3.51. The maximum Gasteiger partial charge on any atom is 0.329 e. The summed E-state index contributed by atoms with van der Waals surface area (Å²) in [7, 11) is 1.14. The Morgan fingerprint density at radius 1 is 1.39 bits per heavy atom. The molecule has 96 valence electrons. The number of hydrogen-bond acceptors (Lipinski definition) is 4. The number of aliphatic carboxylic acids is 1. The molecule has 6 heteroatoms. The fourth-order valence-electron chi connectivity index (χ4n) is 1.53. The van der Waals surface area contributed by atoms with Gasteiger partial charge in [-0.1, -0.05) is 30.3 Å². The maximum absolute atomic E-state index is 11.2. The van der Waals surface area contributed by atoms with Gasteiger partial charge in [-0.3, -0.25) is 14.4 Å². The third kappa shape index (κ3) is 3.39. The van der Waals surface area contributed by atoms with Crippen LogP contribution in [0.2, 0.25) is 0 Å². The number of benzene rings is 1. The summed E-state index contributed by atoms with van der Waals surface area (Å²) < 4.78 is 0. The summed E-state index contributed by atoms with van der Waals surface area (Å²) in [5, 5.41) is 9.65. The SMILES string of the molecule is CON(C(=O)C=O)[C@@H](Cc1ccccc1)C(=O)O.